The average Bonchev–Trinajstić information content (AvgIpc) is 1.99. The van der Waals surface area contributed by atoms with Crippen LogP contribution in [0.1, 0.15) is 34.6 Å². The normalized spacial score (nSPS) is 16.1. The Bertz CT molecular complexity index is 292. The van der Waals surface area contributed by atoms with Gasteiger partial charge in [-0.15, -0.1) is 0 Å². The first kappa shape index (κ1) is 15.3. The summed E-state index contributed by atoms with van der Waals surface area (Å²) in [6.45, 7) is 14.1. The highest BCUT2D eigenvalue weighted by Crippen LogP contribution is 2.37. The molecule has 0 aromatic heterocycles. The maximum absolute atomic E-state index is 10.5. The van der Waals surface area contributed by atoms with Crippen LogP contribution < -0.4 is 0 Å². The molecule has 0 N–H and O–H groups in total. The standard InChI is InChI=1S/C11H23NO3Si/c1-9(12(13)14)8-10(2)15-16(6,7)11(3,4)5/h8,10H,1-7H3/b9-8-. The molecule has 1 atom stereocenters. The van der Waals surface area contributed by atoms with Gasteiger partial charge in [-0.1, -0.05) is 20.8 Å². The van der Waals surface area contributed by atoms with Crippen molar-refractivity contribution in [3.05, 3.63) is 21.9 Å². The second-order valence-electron chi connectivity index (χ2n) is 5.65. The molecule has 94 valence electrons. The van der Waals surface area contributed by atoms with Gasteiger partial charge in [0.25, 0.3) is 0 Å². The van der Waals surface area contributed by atoms with Gasteiger partial charge in [0.2, 0.25) is 5.70 Å². The lowest BCUT2D eigenvalue weighted by Gasteiger charge is -2.37. The molecule has 0 aromatic rings. The number of rotatable bonds is 4. The van der Waals surface area contributed by atoms with Crippen molar-refractivity contribution in [1.82, 2.24) is 0 Å². The fourth-order valence-corrected chi connectivity index (χ4v) is 2.43. The van der Waals surface area contributed by atoms with Crippen molar-refractivity contribution in [2.45, 2.75) is 58.9 Å². The van der Waals surface area contributed by atoms with E-state index >= 15 is 0 Å². The van der Waals surface area contributed by atoms with Gasteiger partial charge in [-0.2, -0.15) is 0 Å². The zero-order valence-corrected chi connectivity index (χ0v) is 12.3. The molecule has 0 saturated carbocycles. The first-order valence-electron chi connectivity index (χ1n) is 5.48. The van der Waals surface area contributed by atoms with Crippen molar-refractivity contribution in [3.8, 4) is 0 Å². The number of allylic oxidation sites excluding steroid dienone is 1. The van der Waals surface area contributed by atoms with Gasteiger partial charge in [0.1, 0.15) is 0 Å². The van der Waals surface area contributed by atoms with Crippen LogP contribution in [0.2, 0.25) is 18.1 Å². The maximum atomic E-state index is 10.5. The van der Waals surface area contributed by atoms with Crippen molar-refractivity contribution in [2.24, 2.45) is 0 Å². The summed E-state index contributed by atoms with van der Waals surface area (Å²) in [6.07, 6.45) is 1.37. The highest BCUT2D eigenvalue weighted by Gasteiger charge is 2.38. The van der Waals surface area contributed by atoms with Crippen LogP contribution >= 0.6 is 0 Å². The van der Waals surface area contributed by atoms with Crippen LogP contribution in [0.5, 0.6) is 0 Å². The molecule has 4 nitrogen and oxygen atoms in total. The molecule has 1 unspecified atom stereocenters. The molecule has 0 saturated heterocycles. The van der Waals surface area contributed by atoms with E-state index in [4.69, 9.17) is 4.43 Å². The Morgan fingerprint density at radius 1 is 1.44 bits per heavy atom. The van der Waals surface area contributed by atoms with Gasteiger partial charge < -0.3 is 4.43 Å². The highest BCUT2D eigenvalue weighted by molar-refractivity contribution is 6.74. The lowest BCUT2D eigenvalue weighted by atomic mass is 10.2. The van der Waals surface area contributed by atoms with E-state index in [0.717, 1.165) is 0 Å². The van der Waals surface area contributed by atoms with Gasteiger partial charge in [-0.25, -0.2) is 0 Å². The van der Waals surface area contributed by atoms with Crippen molar-refractivity contribution in [1.29, 1.82) is 0 Å². The fourth-order valence-electron chi connectivity index (χ4n) is 1.08. The Morgan fingerprint density at radius 2 is 1.88 bits per heavy atom. The van der Waals surface area contributed by atoms with Crippen LogP contribution in [0.4, 0.5) is 0 Å². The van der Waals surface area contributed by atoms with E-state index in [-0.39, 0.29) is 21.8 Å². The Balaban J connectivity index is 4.64. The first-order chi connectivity index (χ1) is 6.97. The maximum Gasteiger partial charge on any atom is 0.241 e. The van der Waals surface area contributed by atoms with Crippen molar-refractivity contribution in [2.75, 3.05) is 0 Å². The van der Waals surface area contributed by atoms with Gasteiger partial charge in [0.15, 0.2) is 8.32 Å². The molecule has 0 bridgehead atoms. The van der Waals surface area contributed by atoms with Crippen LogP contribution in [0, 0.1) is 10.1 Å². The molecule has 0 aliphatic heterocycles. The number of hydrogen-bond acceptors (Lipinski definition) is 3. The third-order valence-corrected chi connectivity index (χ3v) is 7.62. The summed E-state index contributed by atoms with van der Waals surface area (Å²) in [5.41, 5.74) is 0.145. The van der Waals surface area contributed by atoms with Gasteiger partial charge in [0.05, 0.1) is 11.0 Å². The monoisotopic (exact) mass is 245 g/mol. The molecule has 0 aromatic carbocycles. The third kappa shape index (κ3) is 4.45. The fraction of sp³-hybridized carbons (Fsp3) is 0.818. The zero-order chi connectivity index (χ0) is 13.1. The molecule has 0 aliphatic carbocycles. The number of hydrogen-bond donors (Lipinski definition) is 0. The Morgan fingerprint density at radius 3 is 2.19 bits per heavy atom. The summed E-state index contributed by atoms with van der Waals surface area (Å²) in [5, 5.41) is 10.6. The largest absolute Gasteiger partial charge is 0.411 e. The summed E-state index contributed by atoms with van der Waals surface area (Å²) in [5.74, 6) is 0. The van der Waals surface area contributed by atoms with Crippen molar-refractivity contribution < 1.29 is 9.35 Å². The van der Waals surface area contributed by atoms with E-state index < -0.39 is 8.32 Å². The number of nitro groups is 1. The first-order valence-corrected chi connectivity index (χ1v) is 8.39. The highest BCUT2D eigenvalue weighted by atomic mass is 28.4. The van der Waals surface area contributed by atoms with Crippen LogP contribution in [0.25, 0.3) is 0 Å². The zero-order valence-electron chi connectivity index (χ0n) is 11.3. The van der Waals surface area contributed by atoms with Gasteiger partial charge >= 0.3 is 0 Å². The molecule has 0 aliphatic rings. The van der Waals surface area contributed by atoms with E-state index in [2.05, 4.69) is 33.9 Å². The molecule has 0 amide bonds. The van der Waals surface area contributed by atoms with Crippen LogP contribution in [-0.4, -0.2) is 19.3 Å². The smallest absolute Gasteiger partial charge is 0.241 e. The van der Waals surface area contributed by atoms with E-state index in [1.807, 2.05) is 6.92 Å². The van der Waals surface area contributed by atoms with Crippen LogP contribution in [0.3, 0.4) is 0 Å². The van der Waals surface area contributed by atoms with E-state index in [1.165, 1.54) is 6.92 Å². The minimum Gasteiger partial charge on any atom is -0.411 e. The average molecular weight is 245 g/mol. The minimum atomic E-state index is -1.84. The second-order valence-corrected chi connectivity index (χ2v) is 10.4. The summed E-state index contributed by atoms with van der Waals surface area (Å²) < 4.78 is 5.98. The van der Waals surface area contributed by atoms with E-state index in [1.54, 1.807) is 6.08 Å². The summed E-state index contributed by atoms with van der Waals surface area (Å²) in [4.78, 5) is 10.1. The summed E-state index contributed by atoms with van der Waals surface area (Å²) >= 11 is 0. The predicted octanol–water partition coefficient (Wildman–Crippen LogP) is 3.58. The molecular weight excluding hydrogens is 222 g/mol. The third-order valence-electron chi connectivity index (χ3n) is 3.05. The van der Waals surface area contributed by atoms with Crippen molar-refractivity contribution >= 4 is 8.32 Å². The topological polar surface area (TPSA) is 52.4 Å². The molecular formula is C11H23NO3Si. The second kappa shape index (κ2) is 5.10. The quantitative estimate of drug-likeness (QED) is 0.432. The lowest BCUT2D eigenvalue weighted by Crippen LogP contribution is -2.43. The van der Waals surface area contributed by atoms with Gasteiger partial charge in [-0.3, -0.25) is 10.1 Å². The molecule has 0 radical (unpaired) electrons. The molecule has 5 heteroatoms. The molecule has 0 spiro atoms. The predicted molar refractivity (Wildman–Crippen MR) is 68.5 cm³/mol. The van der Waals surface area contributed by atoms with Gasteiger partial charge in [0, 0.05) is 13.0 Å². The summed E-state index contributed by atoms with van der Waals surface area (Å²) in [7, 11) is -1.84. The number of nitrogens with zero attached hydrogens (tertiary/aromatic N) is 1. The molecule has 0 fully saturated rings. The molecule has 0 rings (SSSR count). The Hall–Kier alpha value is -0.683. The molecule has 16 heavy (non-hydrogen) atoms. The van der Waals surface area contributed by atoms with E-state index in [0.29, 0.717) is 0 Å². The Kier molecular flexibility index (Phi) is 4.88. The minimum absolute atomic E-state index is 0.123. The lowest BCUT2D eigenvalue weighted by molar-refractivity contribution is -0.424. The van der Waals surface area contributed by atoms with Crippen LogP contribution in [0.15, 0.2) is 11.8 Å². The van der Waals surface area contributed by atoms with Crippen molar-refractivity contribution in [3.63, 3.8) is 0 Å². The van der Waals surface area contributed by atoms with Gasteiger partial charge in [-0.05, 0) is 25.1 Å². The SMILES string of the molecule is C/C(=C/C(C)O[Si](C)(C)C(C)(C)C)[N+](=O)[O-]. The van der Waals surface area contributed by atoms with Crippen LogP contribution in [-0.2, 0) is 4.43 Å². The molecule has 0 heterocycles. The Labute approximate surface area is 99.0 Å². The van der Waals surface area contributed by atoms with E-state index in [9.17, 15) is 10.1 Å². The summed E-state index contributed by atoms with van der Waals surface area (Å²) in [6, 6.07) is 0.